The predicted octanol–water partition coefficient (Wildman–Crippen LogP) is 2.19. The fraction of sp³-hybridized carbons (Fsp3) is 0.143. The van der Waals surface area contributed by atoms with Crippen LogP contribution >= 0.6 is 11.6 Å². The lowest BCUT2D eigenvalue weighted by atomic mass is 10.0. The quantitative estimate of drug-likeness (QED) is 0.573. The highest BCUT2D eigenvalue weighted by Crippen LogP contribution is 2.36. The van der Waals surface area contributed by atoms with Gasteiger partial charge in [-0.05, 0) is 36.7 Å². The molecule has 24 heavy (non-hydrogen) atoms. The Kier molecular flexibility index (Phi) is 3.72. The highest BCUT2D eigenvalue weighted by Gasteiger charge is 2.47. The molecule has 1 atom stereocenters. The summed E-state index contributed by atoms with van der Waals surface area (Å²) in [5, 5.41) is 14.1. The molecular formula is C14H10ClFN4O4. The van der Waals surface area contributed by atoms with Gasteiger partial charge in [0.2, 0.25) is 5.28 Å². The van der Waals surface area contributed by atoms with Gasteiger partial charge in [0.15, 0.2) is 11.6 Å². The number of anilines is 3. The summed E-state index contributed by atoms with van der Waals surface area (Å²) in [5.74, 6) is -2.92. The molecule has 0 bridgehead atoms. The summed E-state index contributed by atoms with van der Waals surface area (Å²) in [7, 11) is 0. The summed E-state index contributed by atoms with van der Waals surface area (Å²) in [5.41, 5.74) is -1.40. The van der Waals surface area contributed by atoms with Crippen molar-refractivity contribution in [2.45, 2.75) is 12.5 Å². The average Bonchev–Trinajstić information content (AvgIpc) is 2.52. The van der Waals surface area contributed by atoms with E-state index in [0.29, 0.717) is 5.69 Å². The number of halogens is 2. The van der Waals surface area contributed by atoms with Crippen molar-refractivity contribution in [2.75, 3.05) is 10.6 Å². The molecule has 10 heteroatoms. The zero-order chi connectivity index (χ0) is 17.5. The van der Waals surface area contributed by atoms with Crippen molar-refractivity contribution in [3.63, 3.8) is 0 Å². The molecule has 3 N–H and O–H groups in total. The number of fused-ring (bicyclic) bond motifs is 1. The van der Waals surface area contributed by atoms with E-state index in [2.05, 4.69) is 20.6 Å². The zero-order valence-electron chi connectivity index (χ0n) is 12.1. The van der Waals surface area contributed by atoms with E-state index in [1.54, 1.807) is 0 Å². The summed E-state index contributed by atoms with van der Waals surface area (Å²) in [6.07, 6.45) is 0.916. The Balaban J connectivity index is 1.91. The number of aromatic nitrogens is 2. The van der Waals surface area contributed by atoms with Gasteiger partial charge in [0.25, 0.3) is 11.5 Å². The van der Waals surface area contributed by atoms with E-state index in [-0.39, 0.29) is 22.5 Å². The van der Waals surface area contributed by atoms with Gasteiger partial charge in [0.05, 0.1) is 11.9 Å². The first-order valence-corrected chi connectivity index (χ1v) is 7.00. The second kappa shape index (κ2) is 5.60. The summed E-state index contributed by atoms with van der Waals surface area (Å²) in [6, 6.07) is 4.40. The number of amides is 1. The van der Waals surface area contributed by atoms with E-state index in [4.69, 9.17) is 21.4 Å². The molecule has 3 rings (SSSR count). The Morgan fingerprint density at radius 2 is 2.25 bits per heavy atom. The van der Waals surface area contributed by atoms with Crippen LogP contribution in [0.5, 0.6) is 5.75 Å². The van der Waals surface area contributed by atoms with Gasteiger partial charge in [-0.15, -0.1) is 0 Å². The van der Waals surface area contributed by atoms with E-state index in [9.17, 15) is 14.0 Å². The van der Waals surface area contributed by atoms with Gasteiger partial charge in [0.1, 0.15) is 5.75 Å². The zero-order valence-corrected chi connectivity index (χ0v) is 12.9. The maximum Gasteiger partial charge on any atom is 0.357 e. The van der Waals surface area contributed by atoms with Gasteiger partial charge >= 0.3 is 5.97 Å². The number of carboxylic acid groups (broad SMARTS) is 1. The monoisotopic (exact) mass is 352 g/mol. The maximum absolute atomic E-state index is 13.6. The van der Waals surface area contributed by atoms with Crippen molar-refractivity contribution >= 4 is 40.7 Å². The van der Waals surface area contributed by atoms with Gasteiger partial charge < -0.3 is 20.5 Å². The fourth-order valence-electron chi connectivity index (χ4n) is 2.01. The van der Waals surface area contributed by atoms with Crippen molar-refractivity contribution in [2.24, 2.45) is 0 Å². The van der Waals surface area contributed by atoms with Crippen molar-refractivity contribution in [3.05, 3.63) is 35.5 Å². The third kappa shape index (κ3) is 2.69. The van der Waals surface area contributed by atoms with E-state index >= 15 is 0 Å². The number of nitrogens with one attached hydrogen (secondary N) is 2. The number of aliphatic carboxylic acids is 1. The van der Waals surface area contributed by atoms with Crippen LogP contribution < -0.4 is 15.4 Å². The molecule has 124 valence electrons. The van der Waals surface area contributed by atoms with E-state index in [1.165, 1.54) is 18.2 Å². The van der Waals surface area contributed by atoms with Crippen molar-refractivity contribution in [1.82, 2.24) is 9.97 Å². The molecule has 1 aliphatic rings. The molecule has 0 fully saturated rings. The minimum atomic E-state index is -2.02. The highest BCUT2D eigenvalue weighted by molar-refractivity contribution is 6.28. The molecule has 1 unspecified atom stereocenters. The molecule has 0 saturated carbocycles. The van der Waals surface area contributed by atoms with Crippen molar-refractivity contribution < 1.29 is 23.8 Å². The number of carbonyl (C=O) groups is 2. The third-order valence-electron chi connectivity index (χ3n) is 3.36. The number of hydrogen-bond acceptors (Lipinski definition) is 6. The van der Waals surface area contributed by atoms with Crippen LogP contribution in [0.1, 0.15) is 6.92 Å². The normalized spacial score (nSPS) is 19.0. The number of benzene rings is 1. The summed E-state index contributed by atoms with van der Waals surface area (Å²) >= 11 is 5.62. The molecule has 0 aliphatic carbocycles. The second-order valence-electron chi connectivity index (χ2n) is 5.07. The molecule has 1 aromatic carbocycles. The molecule has 1 aromatic heterocycles. The number of nitrogens with zero attached hydrogens (tertiary/aromatic N) is 2. The number of hydrogen-bond donors (Lipinski definition) is 3. The molecule has 8 nitrogen and oxygen atoms in total. The first-order chi connectivity index (χ1) is 11.3. The lowest BCUT2D eigenvalue weighted by molar-refractivity contribution is -0.159. The van der Waals surface area contributed by atoms with Crippen molar-refractivity contribution in [1.29, 1.82) is 0 Å². The minimum Gasteiger partial charge on any atom is -0.478 e. The smallest absolute Gasteiger partial charge is 0.357 e. The summed E-state index contributed by atoms with van der Waals surface area (Å²) in [6.45, 7) is 1.15. The molecular weight excluding hydrogens is 343 g/mol. The van der Waals surface area contributed by atoms with Crippen LogP contribution in [0.15, 0.2) is 24.4 Å². The van der Waals surface area contributed by atoms with Crippen LogP contribution in [0.4, 0.5) is 21.6 Å². The Morgan fingerprint density at radius 3 is 2.96 bits per heavy atom. The largest absolute Gasteiger partial charge is 0.478 e. The van der Waals surface area contributed by atoms with Crippen LogP contribution in [0.25, 0.3) is 0 Å². The second-order valence-corrected chi connectivity index (χ2v) is 5.40. The van der Waals surface area contributed by atoms with Gasteiger partial charge in [-0.2, -0.15) is 4.98 Å². The lowest BCUT2D eigenvalue weighted by Gasteiger charge is -2.31. The van der Waals surface area contributed by atoms with Crippen molar-refractivity contribution in [3.8, 4) is 5.75 Å². The molecule has 1 aliphatic heterocycles. The Bertz CT molecular complexity index is 863. The molecule has 1 amide bonds. The number of rotatable bonds is 3. The van der Waals surface area contributed by atoms with Gasteiger partial charge in [0, 0.05) is 5.69 Å². The topological polar surface area (TPSA) is 113 Å². The molecule has 0 radical (unpaired) electrons. The van der Waals surface area contributed by atoms with E-state index in [0.717, 1.165) is 13.1 Å². The van der Waals surface area contributed by atoms with Gasteiger partial charge in [-0.1, -0.05) is 0 Å². The average molecular weight is 353 g/mol. The van der Waals surface area contributed by atoms with Crippen LogP contribution in [-0.2, 0) is 9.59 Å². The Morgan fingerprint density at radius 1 is 1.50 bits per heavy atom. The molecule has 0 spiro atoms. The molecule has 0 saturated heterocycles. The van der Waals surface area contributed by atoms with E-state index in [1.807, 2.05) is 0 Å². The third-order valence-corrected chi connectivity index (χ3v) is 3.54. The predicted molar refractivity (Wildman–Crippen MR) is 82.0 cm³/mol. The molecule has 2 aromatic rings. The standard InChI is InChI=1S/C14H10ClFN4O4/c1-14(12(22)23)11(21)19-8-4-6(2-3-9(8)24-14)18-10-7(16)5-17-13(15)20-10/h2-5H,1H3,(H,19,21)(H,22,23)(H,17,18,20). The maximum atomic E-state index is 13.6. The SMILES string of the molecule is CC1(C(=O)O)Oc2ccc(Nc3nc(Cl)ncc3F)cc2NC1=O. The number of ether oxygens (including phenoxy) is 1. The van der Waals surface area contributed by atoms with Crippen LogP contribution in [-0.4, -0.2) is 32.6 Å². The summed E-state index contributed by atoms with van der Waals surface area (Å²) < 4.78 is 18.9. The van der Waals surface area contributed by atoms with E-state index < -0.39 is 23.3 Å². The summed E-state index contributed by atoms with van der Waals surface area (Å²) in [4.78, 5) is 30.4. The Hall–Kier alpha value is -2.94. The highest BCUT2D eigenvalue weighted by atomic mass is 35.5. The van der Waals surface area contributed by atoms with Gasteiger partial charge in [-0.25, -0.2) is 14.2 Å². The lowest BCUT2D eigenvalue weighted by Crippen LogP contribution is -2.54. The van der Waals surface area contributed by atoms with Crippen LogP contribution in [0.2, 0.25) is 5.28 Å². The first kappa shape index (κ1) is 15.9. The minimum absolute atomic E-state index is 0.134. The number of carboxylic acids is 1. The number of carbonyl (C=O) groups excluding carboxylic acids is 1. The van der Waals surface area contributed by atoms with Gasteiger partial charge in [-0.3, -0.25) is 4.79 Å². The Labute approximate surface area is 139 Å². The first-order valence-electron chi connectivity index (χ1n) is 6.62. The van der Waals surface area contributed by atoms with Crippen LogP contribution in [0, 0.1) is 5.82 Å². The van der Waals surface area contributed by atoms with Crippen LogP contribution in [0.3, 0.4) is 0 Å². The molecule has 2 heterocycles. The fourth-order valence-corrected chi connectivity index (χ4v) is 2.15.